The molecule has 1 heterocycles. The zero-order valence-electron chi connectivity index (χ0n) is 15.7. The van der Waals surface area contributed by atoms with E-state index in [2.05, 4.69) is 71.3 Å². The van der Waals surface area contributed by atoms with Crippen LogP contribution in [-0.2, 0) is 0 Å². The van der Waals surface area contributed by atoms with Gasteiger partial charge in [0.2, 0.25) is 0 Å². The molecular formula is C23H31N3. The lowest BCUT2D eigenvalue weighted by atomic mass is 9.88. The molecule has 0 aliphatic carbocycles. The minimum atomic E-state index is 0.407. The Morgan fingerprint density at radius 3 is 2.12 bits per heavy atom. The molecule has 2 N–H and O–H groups in total. The summed E-state index contributed by atoms with van der Waals surface area (Å²) in [6, 6.07) is 21.6. The van der Waals surface area contributed by atoms with Crippen LogP contribution >= 0.6 is 0 Å². The summed E-state index contributed by atoms with van der Waals surface area (Å²) in [7, 11) is 0. The van der Waals surface area contributed by atoms with E-state index in [1.54, 1.807) is 0 Å². The van der Waals surface area contributed by atoms with Gasteiger partial charge >= 0.3 is 0 Å². The molecule has 0 amide bonds. The molecule has 138 valence electrons. The Morgan fingerprint density at radius 1 is 0.808 bits per heavy atom. The summed E-state index contributed by atoms with van der Waals surface area (Å²) in [5.74, 6) is 1.39. The van der Waals surface area contributed by atoms with Gasteiger partial charge in [-0.15, -0.1) is 0 Å². The number of rotatable bonds is 5. The number of nitrogens with one attached hydrogen (secondary N) is 2. The van der Waals surface area contributed by atoms with Gasteiger partial charge in [-0.1, -0.05) is 79.9 Å². The van der Waals surface area contributed by atoms with Gasteiger partial charge in [-0.25, -0.2) is 0 Å². The molecular weight excluding hydrogens is 318 g/mol. The predicted molar refractivity (Wildman–Crippen MR) is 111 cm³/mol. The Labute approximate surface area is 157 Å². The fraction of sp³-hybridized carbons (Fsp3) is 0.435. The molecule has 26 heavy (non-hydrogen) atoms. The number of nitrogens with zero attached hydrogens (tertiary/aromatic N) is 1. The van der Waals surface area contributed by atoms with Gasteiger partial charge in [0.05, 0.1) is 0 Å². The second-order valence-electron chi connectivity index (χ2n) is 7.01. The molecule has 1 aliphatic heterocycles. The summed E-state index contributed by atoms with van der Waals surface area (Å²) in [6.07, 6.45) is 7.45. The van der Waals surface area contributed by atoms with Gasteiger partial charge in [0.1, 0.15) is 0 Å². The molecule has 1 aliphatic rings. The van der Waals surface area contributed by atoms with Gasteiger partial charge in [-0.3, -0.25) is 4.99 Å². The van der Waals surface area contributed by atoms with Gasteiger partial charge in [0, 0.05) is 25.6 Å². The van der Waals surface area contributed by atoms with E-state index in [1.165, 1.54) is 43.2 Å². The lowest BCUT2D eigenvalue weighted by molar-refractivity contribution is 0.592. The first-order valence-electron chi connectivity index (χ1n) is 10.1. The third-order valence-electron chi connectivity index (χ3n) is 5.03. The van der Waals surface area contributed by atoms with Crippen LogP contribution in [0.3, 0.4) is 0 Å². The highest BCUT2D eigenvalue weighted by Crippen LogP contribution is 2.27. The highest BCUT2D eigenvalue weighted by Gasteiger charge is 2.13. The molecule has 0 spiro atoms. The molecule has 0 fully saturated rings. The van der Waals surface area contributed by atoms with Crippen molar-refractivity contribution in [3.05, 3.63) is 71.8 Å². The van der Waals surface area contributed by atoms with E-state index in [4.69, 9.17) is 4.99 Å². The van der Waals surface area contributed by atoms with E-state index in [9.17, 15) is 0 Å². The van der Waals surface area contributed by atoms with Crippen LogP contribution in [0.1, 0.15) is 55.6 Å². The van der Waals surface area contributed by atoms with Crippen molar-refractivity contribution in [2.45, 2.75) is 44.4 Å². The number of hydrogen-bond acceptors (Lipinski definition) is 3. The first-order chi connectivity index (χ1) is 12.9. The van der Waals surface area contributed by atoms with Crippen molar-refractivity contribution in [3.8, 4) is 0 Å². The van der Waals surface area contributed by atoms with Gasteiger partial charge in [-0.2, -0.15) is 0 Å². The molecule has 2 aromatic rings. The summed E-state index contributed by atoms with van der Waals surface area (Å²) in [5, 5.41) is 7.03. The second kappa shape index (κ2) is 10.6. The molecule has 2 aromatic carbocycles. The summed E-state index contributed by atoms with van der Waals surface area (Å²) >= 11 is 0. The smallest absolute Gasteiger partial charge is 0.191 e. The number of hydrogen-bond donors (Lipinski definition) is 2. The Morgan fingerprint density at radius 2 is 1.42 bits per heavy atom. The van der Waals surface area contributed by atoms with E-state index in [-0.39, 0.29) is 0 Å². The topological polar surface area (TPSA) is 36.4 Å². The van der Waals surface area contributed by atoms with Crippen molar-refractivity contribution < 1.29 is 0 Å². The fourth-order valence-corrected chi connectivity index (χ4v) is 3.57. The maximum absolute atomic E-state index is 4.72. The quantitative estimate of drug-likeness (QED) is 0.820. The van der Waals surface area contributed by atoms with E-state index in [0.29, 0.717) is 5.92 Å². The standard InChI is InChI=1S/C23H31N3/c1-2-10-17-24-23(25-18-11-3-1)26-19-16-22(20-12-6-4-7-13-20)21-14-8-5-9-15-21/h4-9,12-15,22H,1-3,10-11,16-19H2,(H2,24,25,26). The Balaban J connectivity index is 1.61. The zero-order valence-corrected chi connectivity index (χ0v) is 15.7. The molecule has 0 radical (unpaired) electrons. The van der Waals surface area contributed by atoms with Crippen LogP contribution in [0.5, 0.6) is 0 Å². The first-order valence-corrected chi connectivity index (χ1v) is 10.1. The van der Waals surface area contributed by atoms with Crippen molar-refractivity contribution in [2.24, 2.45) is 4.99 Å². The van der Waals surface area contributed by atoms with Gasteiger partial charge in [0.15, 0.2) is 5.96 Å². The Bertz CT molecular complexity index is 612. The predicted octanol–water partition coefficient (Wildman–Crippen LogP) is 4.71. The summed E-state index contributed by atoms with van der Waals surface area (Å²) in [5.41, 5.74) is 2.75. The van der Waals surface area contributed by atoms with Crippen molar-refractivity contribution >= 4 is 5.96 Å². The van der Waals surface area contributed by atoms with E-state index < -0.39 is 0 Å². The van der Waals surface area contributed by atoms with E-state index >= 15 is 0 Å². The third kappa shape index (κ3) is 5.91. The minimum absolute atomic E-state index is 0.407. The molecule has 0 bridgehead atoms. The van der Waals surface area contributed by atoms with Crippen LogP contribution in [-0.4, -0.2) is 25.6 Å². The van der Waals surface area contributed by atoms with Crippen molar-refractivity contribution in [3.63, 3.8) is 0 Å². The maximum Gasteiger partial charge on any atom is 0.191 e. The van der Waals surface area contributed by atoms with Crippen molar-refractivity contribution in [2.75, 3.05) is 19.6 Å². The average Bonchev–Trinajstić information content (AvgIpc) is 2.71. The highest BCUT2D eigenvalue weighted by atomic mass is 15.2. The summed E-state index contributed by atoms with van der Waals surface area (Å²) in [6.45, 7) is 2.86. The monoisotopic (exact) mass is 349 g/mol. The summed E-state index contributed by atoms with van der Waals surface area (Å²) in [4.78, 5) is 4.72. The maximum atomic E-state index is 4.72. The molecule has 0 unspecified atom stereocenters. The number of guanidine groups is 1. The molecule has 3 rings (SSSR count). The van der Waals surface area contributed by atoms with Gasteiger partial charge in [0.25, 0.3) is 0 Å². The zero-order chi connectivity index (χ0) is 17.9. The SMILES string of the molecule is c1ccc(C(CCNC2=NCCCCCCCN2)c2ccccc2)cc1. The number of aliphatic imine (C=N–C) groups is 1. The second-order valence-corrected chi connectivity index (χ2v) is 7.01. The lowest BCUT2D eigenvalue weighted by Crippen LogP contribution is -2.39. The molecule has 0 saturated carbocycles. The van der Waals surface area contributed by atoms with Crippen LogP contribution in [0.15, 0.2) is 65.7 Å². The largest absolute Gasteiger partial charge is 0.356 e. The molecule has 0 atom stereocenters. The summed E-state index contributed by atoms with van der Waals surface area (Å²) < 4.78 is 0. The van der Waals surface area contributed by atoms with Crippen LogP contribution in [0, 0.1) is 0 Å². The fourth-order valence-electron chi connectivity index (χ4n) is 3.57. The van der Waals surface area contributed by atoms with Crippen molar-refractivity contribution in [1.82, 2.24) is 10.6 Å². The molecule has 0 aromatic heterocycles. The average molecular weight is 350 g/mol. The van der Waals surface area contributed by atoms with Gasteiger partial charge < -0.3 is 10.6 Å². The van der Waals surface area contributed by atoms with Crippen LogP contribution in [0.4, 0.5) is 0 Å². The van der Waals surface area contributed by atoms with Crippen LogP contribution < -0.4 is 10.6 Å². The van der Waals surface area contributed by atoms with Crippen LogP contribution in [0.25, 0.3) is 0 Å². The van der Waals surface area contributed by atoms with Crippen molar-refractivity contribution in [1.29, 1.82) is 0 Å². The molecule has 3 heteroatoms. The number of benzene rings is 2. The van der Waals surface area contributed by atoms with Gasteiger partial charge in [-0.05, 0) is 30.4 Å². The third-order valence-corrected chi connectivity index (χ3v) is 5.03. The van der Waals surface area contributed by atoms with Crippen LogP contribution in [0.2, 0.25) is 0 Å². The Hall–Kier alpha value is -2.29. The van der Waals surface area contributed by atoms with E-state index in [1.807, 2.05) is 0 Å². The highest BCUT2D eigenvalue weighted by molar-refractivity contribution is 5.79. The van der Waals surface area contributed by atoms with E-state index in [0.717, 1.165) is 32.0 Å². The molecule has 0 saturated heterocycles. The normalized spacial score (nSPS) is 15.8. The minimum Gasteiger partial charge on any atom is -0.356 e. The lowest BCUT2D eigenvalue weighted by Gasteiger charge is -2.20. The molecule has 3 nitrogen and oxygen atoms in total. The first kappa shape index (κ1) is 18.5. The Kier molecular flexibility index (Phi) is 7.57.